The van der Waals surface area contributed by atoms with Crippen LogP contribution in [0.5, 0.6) is 0 Å². The fourth-order valence-corrected chi connectivity index (χ4v) is 2.89. The standard InChI is InChI=1S/C20H28N2O4/c1-13(2)22-11-14(10-18(22)24)19(25)26-12-17(23)21-16-8-6-15(7-9-16)20(3,4)5/h6-9,13-14H,10-12H2,1-5H3,(H,21,23). The van der Waals surface area contributed by atoms with Crippen LogP contribution in [0.25, 0.3) is 0 Å². The second-order valence-corrected chi connectivity index (χ2v) is 8.02. The van der Waals surface area contributed by atoms with Crippen molar-refractivity contribution in [2.45, 2.75) is 52.5 Å². The van der Waals surface area contributed by atoms with Gasteiger partial charge in [-0.05, 0) is 37.0 Å². The molecule has 1 unspecified atom stereocenters. The molecular formula is C20H28N2O4. The molecule has 1 saturated heterocycles. The summed E-state index contributed by atoms with van der Waals surface area (Å²) in [7, 11) is 0. The van der Waals surface area contributed by atoms with Crippen LogP contribution in [0.3, 0.4) is 0 Å². The zero-order valence-corrected chi connectivity index (χ0v) is 16.2. The van der Waals surface area contributed by atoms with E-state index < -0.39 is 17.8 Å². The molecule has 1 atom stereocenters. The zero-order chi connectivity index (χ0) is 19.5. The number of anilines is 1. The van der Waals surface area contributed by atoms with Gasteiger partial charge < -0.3 is 15.0 Å². The van der Waals surface area contributed by atoms with Gasteiger partial charge in [0.15, 0.2) is 6.61 Å². The fourth-order valence-electron chi connectivity index (χ4n) is 2.89. The third-order valence-electron chi connectivity index (χ3n) is 4.50. The van der Waals surface area contributed by atoms with E-state index in [1.165, 1.54) is 5.56 Å². The number of esters is 1. The van der Waals surface area contributed by atoms with E-state index in [4.69, 9.17) is 4.74 Å². The van der Waals surface area contributed by atoms with Gasteiger partial charge in [-0.2, -0.15) is 0 Å². The van der Waals surface area contributed by atoms with Crippen molar-refractivity contribution < 1.29 is 19.1 Å². The van der Waals surface area contributed by atoms with Gasteiger partial charge in [-0.15, -0.1) is 0 Å². The van der Waals surface area contributed by atoms with E-state index in [2.05, 4.69) is 26.1 Å². The molecule has 142 valence electrons. The lowest BCUT2D eigenvalue weighted by Gasteiger charge is -2.20. The summed E-state index contributed by atoms with van der Waals surface area (Å²) in [6, 6.07) is 7.64. The fraction of sp³-hybridized carbons (Fsp3) is 0.550. The molecule has 0 saturated carbocycles. The molecule has 6 nitrogen and oxygen atoms in total. The van der Waals surface area contributed by atoms with Gasteiger partial charge in [0.1, 0.15) is 0 Å². The highest BCUT2D eigenvalue weighted by Gasteiger charge is 2.36. The predicted octanol–water partition coefficient (Wildman–Crippen LogP) is 2.72. The van der Waals surface area contributed by atoms with Crippen LogP contribution in [0, 0.1) is 5.92 Å². The number of carbonyl (C=O) groups is 3. The van der Waals surface area contributed by atoms with Crippen LogP contribution in [0.15, 0.2) is 24.3 Å². The molecule has 1 N–H and O–H groups in total. The van der Waals surface area contributed by atoms with Crippen LogP contribution in [0.4, 0.5) is 5.69 Å². The van der Waals surface area contributed by atoms with Crippen LogP contribution < -0.4 is 5.32 Å². The number of rotatable bonds is 5. The Bertz CT molecular complexity index is 674. The van der Waals surface area contributed by atoms with E-state index >= 15 is 0 Å². The maximum atomic E-state index is 12.1. The van der Waals surface area contributed by atoms with E-state index in [0.717, 1.165) is 0 Å². The summed E-state index contributed by atoms with van der Waals surface area (Å²) in [5, 5.41) is 2.71. The van der Waals surface area contributed by atoms with E-state index in [0.29, 0.717) is 12.2 Å². The van der Waals surface area contributed by atoms with E-state index in [1.807, 2.05) is 38.1 Å². The summed E-state index contributed by atoms with van der Waals surface area (Å²) in [6.07, 6.45) is 0.146. The molecule has 1 heterocycles. The van der Waals surface area contributed by atoms with Crippen LogP contribution in [-0.4, -0.2) is 41.9 Å². The second kappa shape index (κ2) is 7.89. The van der Waals surface area contributed by atoms with Gasteiger partial charge in [-0.25, -0.2) is 0 Å². The summed E-state index contributed by atoms with van der Waals surface area (Å²) < 4.78 is 5.08. The van der Waals surface area contributed by atoms with Gasteiger partial charge in [0.05, 0.1) is 5.92 Å². The third kappa shape index (κ3) is 5.07. The Balaban J connectivity index is 1.82. The number of amides is 2. The summed E-state index contributed by atoms with van der Waals surface area (Å²) in [5.74, 6) is -1.44. The van der Waals surface area contributed by atoms with E-state index in [9.17, 15) is 14.4 Å². The van der Waals surface area contributed by atoms with E-state index in [1.54, 1.807) is 4.90 Å². The Morgan fingerprint density at radius 1 is 1.23 bits per heavy atom. The number of nitrogens with zero attached hydrogens (tertiary/aromatic N) is 1. The Kier molecular flexibility index (Phi) is 6.05. The lowest BCUT2D eigenvalue weighted by Crippen LogP contribution is -2.33. The number of nitrogens with one attached hydrogen (secondary N) is 1. The van der Waals surface area contributed by atoms with Gasteiger partial charge in [0.2, 0.25) is 5.91 Å². The highest BCUT2D eigenvalue weighted by Crippen LogP contribution is 2.24. The number of carbonyl (C=O) groups excluding carboxylic acids is 3. The monoisotopic (exact) mass is 360 g/mol. The Morgan fingerprint density at radius 3 is 2.35 bits per heavy atom. The third-order valence-corrected chi connectivity index (χ3v) is 4.50. The highest BCUT2D eigenvalue weighted by atomic mass is 16.5. The van der Waals surface area contributed by atoms with Crippen molar-refractivity contribution >= 4 is 23.5 Å². The van der Waals surface area contributed by atoms with Crippen molar-refractivity contribution in [3.8, 4) is 0 Å². The molecule has 2 amide bonds. The van der Waals surface area contributed by atoms with Crippen LogP contribution >= 0.6 is 0 Å². The van der Waals surface area contributed by atoms with Crippen LogP contribution in [-0.2, 0) is 24.5 Å². The largest absolute Gasteiger partial charge is 0.455 e. The van der Waals surface area contributed by atoms with Gasteiger partial charge >= 0.3 is 5.97 Å². The first-order chi connectivity index (χ1) is 12.1. The Hall–Kier alpha value is -2.37. The van der Waals surface area contributed by atoms with Gasteiger partial charge in [-0.1, -0.05) is 32.9 Å². The molecule has 1 aliphatic rings. The molecule has 0 aliphatic carbocycles. The van der Waals surface area contributed by atoms with Crippen molar-refractivity contribution in [2.75, 3.05) is 18.5 Å². The summed E-state index contributed by atoms with van der Waals surface area (Å²) in [6.45, 7) is 10.2. The minimum absolute atomic E-state index is 0.0423. The topological polar surface area (TPSA) is 75.7 Å². The molecular weight excluding hydrogens is 332 g/mol. The first-order valence-corrected chi connectivity index (χ1v) is 8.94. The molecule has 0 spiro atoms. The number of ether oxygens (including phenoxy) is 1. The Morgan fingerprint density at radius 2 is 1.85 bits per heavy atom. The number of benzene rings is 1. The zero-order valence-electron chi connectivity index (χ0n) is 16.2. The minimum Gasteiger partial charge on any atom is -0.455 e. The number of likely N-dealkylation sites (tertiary alicyclic amines) is 1. The summed E-state index contributed by atoms with van der Waals surface area (Å²) in [5.41, 5.74) is 1.87. The molecule has 2 rings (SSSR count). The van der Waals surface area contributed by atoms with Crippen molar-refractivity contribution in [1.82, 2.24) is 4.90 Å². The van der Waals surface area contributed by atoms with Crippen molar-refractivity contribution in [2.24, 2.45) is 5.92 Å². The van der Waals surface area contributed by atoms with Crippen molar-refractivity contribution in [3.63, 3.8) is 0 Å². The van der Waals surface area contributed by atoms with Gasteiger partial charge in [0.25, 0.3) is 5.91 Å². The van der Waals surface area contributed by atoms with Gasteiger partial charge in [-0.3, -0.25) is 14.4 Å². The van der Waals surface area contributed by atoms with Crippen LogP contribution in [0.1, 0.15) is 46.6 Å². The molecule has 1 aromatic rings. The molecule has 6 heteroatoms. The SMILES string of the molecule is CC(C)N1CC(C(=O)OCC(=O)Nc2ccc(C(C)(C)C)cc2)CC1=O. The second-order valence-electron chi connectivity index (χ2n) is 8.02. The normalized spacial score (nSPS) is 17.5. The van der Waals surface area contributed by atoms with Gasteiger partial charge in [0, 0.05) is 24.7 Å². The highest BCUT2D eigenvalue weighted by molar-refractivity contribution is 5.93. The molecule has 0 bridgehead atoms. The predicted molar refractivity (Wildman–Crippen MR) is 99.7 cm³/mol. The lowest BCUT2D eigenvalue weighted by molar-refractivity contribution is -0.151. The first-order valence-electron chi connectivity index (χ1n) is 8.94. The summed E-state index contributed by atoms with van der Waals surface area (Å²) >= 11 is 0. The number of hydrogen-bond donors (Lipinski definition) is 1. The minimum atomic E-state index is -0.500. The molecule has 0 aromatic heterocycles. The lowest BCUT2D eigenvalue weighted by atomic mass is 9.87. The molecule has 0 radical (unpaired) electrons. The van der Waals surface area contributed by atoms with E-state index in [-0.39, 0.29) is 30.4 Å². The molecule has 1 fully saturated rings. The first kappa shape index (κ1) is 19.9. The van der Waals surface area contributed by atoms with Crippen LogP contribution in [0.2, 0.25) is 0 Å². The average molecular weight is 360 g/mol. The number of hydrogen-bond acceptors (Lipinski definition) is 4. The molecule has 1 aliphatic heterocycles. The quantitative estimate of drug-likeness (QED) is 0.819. The summed E-state index contributed by atoms with van der Waals surface area (Å²) in [4.78, 5) is 37.6. The maximum Gasteiger partial charge on any atom is 0.311 e. The average Bonchev–Trinajstić information content (AvgIpc) is 2.94. The van der Waals surface area contributed by atoms with Crippen molar-refractivity contribution in [3.05, 3.63) is 29.8 Å². The van der Waals surface area contributed by atoms with Crippen molar-refractivity contribution in [1.29, 1.82) is 0 Å². The Labute approximate surface area is 154 Å². The molecule has 26 heavy (non-hydrogen) atoms. The molecule has 1 aromatic carbocycles. The smallest absolute Gasteiger partial charge is 0.311 e. The maximum absolute atomic E-state index is 12.1.